The lowest BCUT2D eigenvalue weighted by Gasteiger charge is -2.08. The molecule has 0 aliphatic heterocycles. The van der Waals surface area contributed by atoms with Crippen molar-refractivity contribution in [3.63, 3.8) is 0 Å². The summed E-state index contributed by atoms with van der Waals surface area (Å²) in [6.45, 7) is 6.19. The van der Waals surface area contributed by atoms with Crippen LogP contribution in [-0.4, -0.2) is 5.75 Å². The molecular weight excluding hydrogens is 190 g/mol. The van der Waals surface area contributed by atoms with E-state index in [2.05, 4.69) is 38.1 Å². The van der Waals surface area contributed by atoms with Gasteiger partial charge in [-0.15, -0.1) is 11.8 Å². The van der Waals surface area contributed by atoms with Gasteiger partial charge in [-0.25, -0.2) is 0 Å². The van der Waals surface area contributed by atoms with Crippen molar-refractivity contribution in [3.05, 3.63) is 41.1 Å². The zero-order valence-corrected chi connectivity index (χ0v) is 9.82. The predicted molar refractivity (Wildman–Crippen MR) is 66.1 cm³/mol. The minimum absolute atomic E-state index is 0.903. The minimum Gasteiger partial charge on any atom is -0.401 e. The Balaban J connectivity index is 3.01. The fourth-order valence-corrected chi connectivity index (χ4v) is 2.09. The van der Waals surface area contributed by atoms with Crippen molar-refractivity contribution in [2.24, 2.45) is 5.73 Å². The maximum Gasteiger partial charge on any atom is 0.0329 e. The van der Waals surface area contributed by atoms with Gasteiger partial charge in [0.1, 0.15) is 0 Å². The lowest BCUT2D eigenvalue weighted by atomic mass is 10.1. The summed E-state index contributed by atoms with van der Waals surface area (Å²) in [5.74, 6) is 1.05. The normalized spacial score (nSPS) is 12.5. The van der Waals surface area contributed by atoms with Crippen molar-refractivity contribution in [1.82, 2.24) is 0 Å². The van der Waals surface area contributed by atoms with E-state index in [1.54, 1.807) is 11.8 Å². The largest absolute Gasteiger partial charge is 0.401 e. The number of hydrogen-bond donors (Lipinski definition) is 1. The summed E-state index contributed by atoms with van der Waals surface area (Å²) >= 11 is 1.80. The first kappa shape index (κ1) is 11.2. The summed E-state index contributed by atoms with van der Waals surface area (Å²) in [6, 6.07) is 8.50. The van der Waals surface area contributed by atoms with Crippen molar-refractivity contribution < 1.29 is 0 Å². The van der Waals surface area contributed by atoms with Gasteiger partial charge < -0.3 is 5.73 Å². The molecular formula is C12H17NS. The SMILES string of the molecule is CCS/C(=C(/C)N)c1ccc(C)cc1. The molecule has 0 unspecified atom stereocenters. The maximum absolute atomic E-state index is 5.85. The first-order valence-electron chi connectivity index (χ1n) is 4.81. The highest BCUT2D eigenvalue weighted by Gasteiger charge is 2.03. The Morgan fingerprint density at radius 1 is 1.29 bits per heavy atom. The van der Waals surface area contributed by atoms with Gasteiger partial charge in [0.15, 0.2) is 0 Å². The highest BCUT2D eigenvalue weighted by molar-refractivity contribution is 8.08. The van der Waals surface area contributed by atoms with E-state index in [1.807, 2.05) is 6.92 Å². The van der Waals surface area contributed by atoms with E-state index in [0.717, 1.165) is 11.4 Å². The average molecular weight is 207 g/mol. The molecule has 0 spiro atoms. The molecule has 1 nitrogen and oxygen atoms in total. The van der Waals surface area contributed by atoms with Crippen molar-refractivity contribution in [2.75, 3.05) is 5.75 Å². The third kappa shape index (κ3) is 2.81. The Bertz CT molecular complexity index is 321. The van der Waals surface area contributed by atoms with Gasteiger partial charge in [0.2, 0.25) is 0 Å². The van der Waals surface area contributed by atoms with E-state index in [4.69, 9.17) is 5.73 Å². The number of allylic oxidation sites excluding steroid dienone is 1. The second-order valence-corrected chi connectivity index (χ2v) is 4.59. The fourth-order valence-electron chi connectivity index (χ4n) is 1.27. The van der Waals surface area contributed by atoms with Crippen LogP contribution in [0.1, 0.15) is 25.0 Å². The van der Waals surface area contributed by atoms with Crippen LogP contribution >= 0.6 is 11.8 Å². The molecule has 2 heteroatoms. The average Bonchev–Trinajstić information content (AvgIpc) is 2.15. The summed E-state index contributed by atoms with van der Waals surface area (Å²) in [7, 11) is 0. The molecule has 0 radical (unpaired) electrons. The van der Waals surface area contributed by atoms with Gasteiger partial charge in [0.25, 0.3) is 0 Å². The van der Waals surface area contributed by atoms with Crippen molar-refractivity contribution in [3.8, 4) is 0 Å². The van der Waals surface area contributed by atoms with E-state index in [9.17, 15) is 0 Å². The molecule has 0 heterocycles. The van der Waals surface area contributed by atoms with E-state index in [-0.39, 0.29) is 0 Å². The molecule has 0 aromatic heterocycles. The topological polar surface area (TPSA) is 26.0 Å². The number of hydrogen-bond acceptors (Lipinski definition) is 2. The van der Waals surface area contributed by atoms with Gasteiger partial charge in [-0.1, -0.05) is 36.8 Å². The third-order valence-electron chi connectivity index (χ3n) is 1.96. The van der Waals surface area contributed by atoms with Crippen LogP contribution in [0.5, 0.6) is 0 Å². The molecule has 1 aromatic carbocycles. The zero-order chi connectivity index (χ0) is 10.6. The smallest absolute Gasteiger partial charge is 0.0329 e. The Morgan fingerprint density at radius 3 is 2.29 bits per heavy atom. The number of aryl methyl sites for hydroxylation is 1. The van der Waals surface area contributed by atoms with Crippen LogP contribution < -0.4 is 5.73 Å². The van der Waals surface area contributed by atoms with Crippen LogP contribution in [0.4, 0.5) is 0 Å². The van der Waals surface area contributed by atoms with Gasteiger partial charge in [-0.05, 0) is 25.2 Å². The quantitative estimate of drug-likeness (QED) is 0.822. The lowest BCUT2D eigenvalue weighted by Crippen LogP contribution is -1.96. The standard InChI is InChI=1S/C12H17NS/c1-4-14-12(10(3)13)11-7-5-9(2)6-8-11/h5-8H,4,13H2,1-3H3/b12-10-. The predicted octanol–water partition coefficient (Wildman–Crippen LogP) is 3.40. The van der Waals surface area contributed by atoms with Crippen molar-refractivity contribution in [2.45, 2.75) is 20.8 Å². The Hall–Kier alpha value is -0.890. The molecule has 2 N–H and O–H groups in total. The van der Waals surface area contributed by atoms with Gasteiger partial charge in [0.05, 0.1) is 0 Å². The second-order valence-electron chi connectivity index (χ2n) is 3.31. The lowest BCUT2D eigenvalue weighted by molar-refractivity contribution is 1.33. The molecule has 0 saturated heterocycles. The maximum atomic E-state index is 5.85. The van der Waals surface area contributed by atoms with E-state index in [0.29, 0.717) is 0 Å². The molecule has 0 fully saturated rings. The van der Waals surface area contributed by atoms with Crippen LogP contribution in [0.3, 0.4) is 0 Å². The highest BCUT2D eigenvalue weighted by Crippen LogP contribution is 2.28. The molecule has 76 valence electrons. The van der Waals surface area contributed by atoms with Crippen LogP contribution in [0.25, 0.3) is 4.91 Å². The van der Waals surface area contributed by atoms with Crippen LogP contribution in [-0.2, 0) is 0 Å². The monoisotopic (exact) mass is 207 g/mol. The van der Waals surface area contributed by atoms with Crippen molar-refractivity contribution >= 4 is 16.7 Å². The molecule has 0 bridgehead atoms. The Kier molecular flexibility index (Phi) is 4.08. The molecule has 14 heavy (non-hydrogen) atoms. The molecule has 1 aromatic rings. The summed E-state index contributed by atoms with van der Waals surface area (Å²) in [4.78, 5) is 1.20. The fraction of sp³-hybridized carbons (Fsp3) is 0.333. The van der Waals surface area contributed by atoms with Gasteiger partial charge in [-0.2, -0.15) is 0 Å². The van der Waals surface area contributed by atoms with Gasteiger partial charge in [-0.3, -0.25) is 0 Å². The Labute approximate surface area is 90.4 Å². The van der Waals surface area contributed by atoms with E-state index >= 15 is 0 Å². The molecule has 0 saturated carbocycles. The number of benzene rings is 1. The first-order valence-corrected chi connectivity index (χ1v) is 5.80. The molecule has 0 aliphatic carbocycles. The van der Waals surface area contributed by atoms with Crippen LogP contribution in [0.15, 0.2) is 30.0 Å². The summed E-state index contributed by atoms with van der Waals surface area (Å²) < 4.78 is 0. The summed E-state index contributed by atoms with van der Waals surface area (Å²) in [6.07, 6.45) is 0. The molecule has 1 rings (SSSR count). The van der Waals surface area contributed by atoms with E-state index in [1.165, 1.54) is 16.0 Å². The number of nitrogens with two attached hydrogens (primary N) is 1. The van der Waals surface area contributed by atoms with Crippen molar-refractivity contribution in [1.29, 1.82) is 0 Å². The molecule has 0 atom stereocenters. The minimum atomic E-state index is 0.903. The van der Waals surface area contributed by atoms with Crippen LogP contribution in [0, 0.1) is 6.92 Å². The van der Waals surface area contributed by atoms with Gasteiger partial charge in [0, 0.05) is 10.6 Å². The highest BCUT2D eigenvalue weighted by atomic mass is 32.2. The summed E-state index contributed by atoms with van der Waals surface area (Å²) in [5.41, 5.74) is 9.26. The first-order chi connectivity index (χ1) is 6.65. The second kappa shape index (κ2) is 5.11. The van der Waals surface area contributed by atoms with Crippen LogP contribution in [0.2, 0.25) is 0 Å². The zero-order valence-electron chi connectivity index (χ0n) is 9.00. The number of rotatable bonds is 3. The van der Waals surface area contributed by atoms with Gasteiger partial charge >= 0.3 is 0 Å². The molecule has 0 aliphatic rings. The third-order valence-corrected chi connectivity index (χ3v) is 3.10. The summed E-state index contributed by atoms with van der Waals surface area (Å²) in [5, 5.41) is 0. The van der Waals surface area contributed by atoms with E-state index < -0.39 is 0 Å². The molecule has 0 amide bonds. The Morgan fingerprint density at radius 2 is 1.86 bits per heavy atom. The number of thioether (sulfide) groups is 1.